The molecule has 0 bridgehead atoms. The van der Waals surface area contributed by atoms with E-state index >= 15 is 0 Å². The first kappa shape index (κ1) is 26.0. The Morgan fingerprint density at radius 1 is 1.24 bits per heavy atom. The topological polar surface area (TPSA) is 63.5 Å². The average Bonchev–Trinajstić information content (AvgIpc) is 3.51. The van der Waals surface area contributed by atoms with E-state index in [0.29, 0.717) is 30.8 Å². The van der Waals surface area contributed by atoms with Crippen molar-refractivity contribution in [1.82, 2.24) is 20.2 Å². The van der Waals surface area contributed by atoms with Crippen LogP contribution in [0.15, 0.2) is 66.2 Å². The highest BCUT2D eigenvalue weighted by Crippen LogP contribution is 2.30. The minimum absolute atomic E-state index is 0. The number of ether oxygens (including phenoxy) is 1. The Morgan fingerprint density at radius 2 is 2.06 bits per heavy atom. The number of rotatable bonds is 10. The van der Waals surface area contributed by atoms with Gasteiger partial charge in [0.25, 0.3) is 0 Å². The summed E-state index contributed by atoms with van der Waals surface area (Å²) in [6.45, 7) is 6.69. The van der Waals surface area contributed by atoms with Crippen molar-refractivity contribution in [2.75, 3.05) is 13.2 Å². The van der Waals surface area contributed by atoms with Crippen LogP contribution in [0.3, 0.4) is 0 Å². The van der Waals surface area contributed by atoms with Crippen molar-refractivity contribution >= 4 is 29.9 Å². The number of nitrogens with one attached hydrogen (secondary N) is 2. The molecular formula is C26H33FIN5O. The molecule has 4 rings (SSSR count). The summed E-state index contributed by atoms with van der Waals surface area (Å²) in [7, 11) is 0. The van der Waals surface area contributed by atoms with Gasteiger partial charge < -0.3 is 19.9 Å². The third-order valence-corrected chi connectivity index (χ3v) is 5.66. The summed E-state index contributed by atoms with van der Waals surface area (Å²) in [6, 6.07) is 13.5. The Balaban J connectivity index is 0.00000324. The Morgan fingerprint density at radius 3 is 2.76 bits per heavy atom. The highest BCUT2D eigenvalue weighted by Gasteiger charge is 2.22. The maximum absolute atomic E-state index is 14.5. The molecule has 0 spiro atoms. The van der Waals surface area contributed by atoms with Crippen molar-refractivity contribution in [1.29, 1.82) is 0 Å². The Labute approximate surface area is 218 Å². The normalized spacial score (nSPS) is 14.3. The van der Waals surface area contributed by atoms with Crippen molar-refractivity contribution in [3.05, 3.63) is 83.7 Å². The standard InChI is InChI=1S/C26H32FN5O.HI/c1-3-29-26(30-15-21-5-4-6-22(13-21)16-32-12-11-28-18-32)31-19(2)23-9-10-25(24(27)14-23)33-17-20-7-8-20;/h4-6,9-14,18-20H,3,7-8,15-17H2,1-2H3,(H2,29,30,31);1H. The molecule has 0 saturated heterocycles. The SMILES string of the molecule is CCNC(=NCc1cccc(Cn2ccnc2)c1)NC(C)c1ccc(OCC2CC2)c(F)c1.I. The molecule has 1 aliphatic rings. The van der Waals surface area contributed by atoms with Gasteiger partial charge in [-0.1, -0.05) is 30.3 Å². The van der Waals surface area contributed by atoms with Crippen molar-refractivity contribution in [2.24, 2.45) is 10.9 Å². The zero-order valence-corrected chi connectivity index (χ0v) is 22.0. The summed E-state index contributed by atoms with van der Waals surface area (Å²) in [5, 5.41) is 6.66. The summed E-state index contributed by atoms with van der Waals surface area (Å²) < 4.78 is 22.2. The van der Waals surface area contributed by atoms with Gasteiger partial charge in [-0.2, -0.15) is 0 Å². The van der Waals surface area contributed by atoms with Crippen molar-refractivity contribution in [3.63, 3.8) is 0 Å². The second kappa shape index (κ2) is 12.7. The summed E-state index contributed by atoms with van der Waals surface area (Å²) in [5.41, 5.74) is 3.17. The molecule has 0 amide bonds. The molecule has 3 aromatic rings. The minimum atomic E-state index is -0.321. The van der Waals surface area contributed by atoms with Crippen LogP contribution in [0.5, 0.6) is 5.75 Å². The summed E-state index contributed by atoms with van der Waals surface area (Å²) >= 11 is 0. The summed E-state index contributed by atoms with van der Waals surface area (Å²) in [4.78, 5) is 8.84. The van der Waals surface area contributed by atoms with E-state index in [1.54, 1.807) is 18.3 Å². The lowest BCUT2D eigenvalue weighted by Gasteiger charge is -2.19. The maximum Gasteiger partial charge on any atom is 0.192 e. The first-order valence-corrected chi connectivity index (χ1v) is 11.6. The number of aromatic nitrogens is 2. The average molecular weight is 577 g/mol. The van der Waals surface area contributed by atoms with Gasteiger partial charge in [0.15, 0.2) is 17.5 Å². The second-order valence-electron chi connectivity index (χ2n) is 8.56. The van der Waals surface area contributed by atoms with Crippen LogP contribution in [-0.2, 0) is 13.1 Å². The molecular weight excluding hydrogens is 544 g/mol. The molecule has 1 fully saturated rings. The summed E-state index contributed by atoms with van der Waals surface area (Å²) in [6.07, 6.45) is 7.91. The van der Waals surface area contributed by atoms with Crippen LogP contribution in [0, 0.1) is 11.7 Å². The highest BCUT2D eigenvalue weighted by atomic mass is 127. The lowest BCUT2D eigenvalue weighted by atomic mass is 10.1. The molecule has 0 aliphatic heterocycles. The number of nitrogens with zero attached hydrogens (tertiary/aromatic N) is 3. The number of guanidine groups is 1. The molecule has 8 heteroatoms. The van der Waals surface area contributed by atoms with E-state index in [2.05, 4.69) is 39.9 Å². The van der Waals surface area contributed by atoms with Crippen molar-refractivity contribution < 1.29 is 9.13 Å². The van der Waals surface area contributed by atoms with Gasteiger partial charge in [-0.3, -0.25) is 0 Å². The number of hydrogen-bond acceptors (Lipinski definition) is 3. The lowest BCUT2D eigenvalue weighted by molar-refractivity contribution is 0.285. The van der Waals surface area contributed by atoms with E-state index < -0.39 is 0 Å². The monoisotopic (exact) mass is 577 g/mol. The molecule has 1 heterocycles. The molecule has 1 unspecified atom stereocenters. The summed E-state index contributed by atoms with van der Waals surface area (Å²) in [5.74, 6) is 1.29. The van der Waals surface area contributed by atoms with Gasteiger partial charge in [0, 0.05) is 25.5 Å². The van der Waals surface area contributed by atoms with Crippen LogP contribution < -0.4 is 15.4 Å². The number of imidazole rings is 1. The van der Waals surface area contributed by atoms with E-state index in [1.807, 2.05) is 37.0 Å². The number of halogens is 2. The van der Waals surface area contributed by atoms with E-state index in [9.17, 15) is 4.39 Å². The second-order valence-corrected chi connectivity index (χ2v) is 8.56. The molecule has 1 aromatic heterocycles. The zero-order chi connectivity index (χ0) is 23.0. The number of aliphatic imine (C=N–C) groups is 1. The van der Waals surface area contributed by atoms with E-state index in [-0.39, 0.29) is 35.8 Å². The van der Waals surface area contributed by atoms with E-state index in [4.69, 9.17) is 9.73 Å². The lowest BCUT2D eigenvalue weighted by Crippen LogP contribution is -2.38. The van der Waals surface area contributed by atoms with Crippen LogP contribution in [0.25, 0.3) is 0 Å². The molecule has 34 heavy (non-hydrogen) atoms. The molecule has 2 N–H and O–H groups in total. The number of hydrogen-bond donors (Lipinski definition) is 2. The fourth-order valence-electron chi connectivity index (χ4n) is 3.59. The van der Waals surface area contributed by atoms with Crippen LogP contribution in [-0.4, -0.2) is 28.7 Å². The molecule has 6 nitrogen and oxygen atoms in total. The fourth-order valence-corrected chi connectivity index (χ4v) is 3.59. The molecule has 1 saturated carbocycles. The highest BCUT2D eigenvalue weighted by molar-refractivity contribution is 14.0. The van der Waals surface area contributed by atoms with Crippen molar-refractivity contribution in [2.45, 2.75) is 45.8 Å². The van der Waals surface area contributed by atoms with E-state index in [1.165, 1.54) is 18.4 Å². The Bertz CT molecular complexity index is 1070. The largest absolute Gasteiger partial charge is 0.490 e. The van der Waals surface area contributed by atoms with Gasteiger partial charge in [-0.25, -0.2) is 14.4 Å². The van der Waals surface area contributed by atoms with Crippen LogP contribution in [0.2, 0.25) is 0 Å². The van der Waals surface area contributed by atoms with Gasteiger partial charge in [-0.15, -0.1) is 24.0 Å². The predicted molar refractivity (Wildman–Crippen MR) is 144 cm³/mol. The van der Waals surface area contributed by atoms with Gasteiger partial charge >= 0.3 is 0 Å². The molecule has 1 aliphatic carbocycles. The zero-order valence-electron chi connectivity index (χ0n) is 19.7. The molecule has 182 valence electrons. The third-order valence-electron chi connectivity index (χ3n) is 5.66. The molecule has 1 atom stereocenters. The molecule has 2 aromatic carbocycles. The molecule has 0 radical (unpaired) electrons. The Kier molecular flexibility index (Phi) is 9.74. The Hall–Kier alpha value is -2.62. The van der Waals surface area contributed by atoms with Crippen molar-refractivity contribution in [3.8, 4) is 5.75 Å². The van der Waals surface area contributed by atoms with Crippen LogP contribution >= 0.6 is 24.0 Å². The van der Waals surface area contributed by atoms with Gasteiger partial charge in [0.1, 0.15) is 0 Å². The van der Waals surface area contributed by atoms with Crippen LogP contribution in [0.4, 0.5) is 4.39 Å². The third kappa shape index (κ3) is 7.72. The van der Waals surface area contributed by atoms with Gasteiger partial charge in [0.05, 0.1) is 25.5 Å². The fraction of sp³-hybridized carbons (Fsp3) is 0.385. The van der Waals surface area contributed by atoms with Crippen LogP contribution in [0.1, 0.15) is 49.4 Å². The van der Waals surface area contributed by atoms with Gasteiger partial charge in [-0.05, 0) is 61.4 Å². The number of benzene rings is 2. The first-order valence-electron chi connectivity index (χ1n) is 11.6. The quantitative estimate of drug-likeness (QED) is 0.195. The predicted octanol–water partition coefficient (Wildman–Crippen LogP) is 5.29. The maximum atomic E-state index is 14.5. The smallest absolute Gasteiger partial charge is 0.192 e. The van der Waals surface area contributed by atoms with Gasteiger partial charge in [0.2, 0.25) is 0 Å². The first-order chi connectivity index (χ1) is 16.1. The minimum Gasteiger partial charge on any atom is -0.490 e. The van der Waals surface area contributed by atoms with E-state index in [0.717, 1.165) is 24.2 Å².